The first kappa shape index (κ1) is 13.9. The van der Waals surface area contributed by atoms with E-state index >= 15 is 0 Å². The molecule has 0 aromatic carbocycles. The number of carbonyl (C=O) groups is 2. The van der Waals surface area contributed by atoms with Crippen molar-refractivity contribution in [2.45, 2.75) is 13.1 Å². The van der Waals surface area contributed by atoms with Crippen molar-refractivity contribution >= 4 is 45.8 Å². The molecule has 0 saturated heterocycles. The molecule has 0 spiro atoms. The number of carboxylic acid groups (broad SMARTS) is 1. The summed E-state index contributed by atoms with van der Waals surface area (Å²) in [6.07, 6.45) is 1.49. The van der Waals surface area contributed by atoms with Crippen molar-refractivity contribution in [2.24, 2.45) is 0 Å². The van der Waals surface area contributed by atoms with E-state index in [9.17, 15) is 9.59 Å². The van der Waals surface area contributed by atoms with E-state index in [0.717, 1.165) is 2.88 Å². The zero-order valence-electron chi connectivity index (χ0n) is 9.54. The number of nitrogens with one attached hydrogen (secondary N) is 1. The fourth-order valence-corrected chi connectivity index (χ4v) is 2.66. The van der Waals surface area contributed by atoms with Gasteiger partial charge in [-0.05, 0) is 28.7 Å². The minimum Gasteiger partial charge on any atom is -0.480 e. The van der Waals surface area contributed by atoms with Crippen LogP contribution in [0, 0.1) is 2.88 Å². The van der Waals surface area contributed by atoms with Crippen LogP contribution in [-0.2, 0) is 17.9 Å². The minimum absolute atomic E-state index is 0.188. The monoisotopic (exact) mass is 392 g/mol. The highest BCUT2D eigenvalue weighted by Gasteiger charge is 2.09. The van der Waals surface area contributed by atoms with Gasteiger partial charge in [-0.2, -0.15) is 0 Å². The van der Waals surface area contributed by atoms with Gasteiger partial charge in [-0.3, -0.25) is 9.59 Å². The zero-order chi connectivity index (χ0) is 13.8. The summed E-state index contributed by atoms with van der Waals surface area (Å²) in [5.41, 5.74) is 1.12. The van der Waals surface area contributed by atoms with Crippen LogP contribution >= 0.6 is 33.9 Å². The largest absolute Gasteiger partial charge is 0.480 e. The molecule has 7 nitrogen and oxygen atoms in total. The number of amides is 1. The number of halogens is 1. The van der Waals surface area contributed by atoms with Gasteiger partial charge in [0.25, 0.3) is 5.91 Å². The van der Waals surface area contributed by atoms with E-state index in [-0.39, 0.29) is 19.0 Å². The molecule has 19 heavy (non-hydrogen) atoms. The van der Waals surface area contributed by atoms with Crippen LogP contribution < -0.4 is 5.32 Å². The number of nitrogens with zero attached hydrogens (tertiary/aromatic N) is 3. The molecule has 0 saturated carbocycles. The lowest BCUT2D eigenvalue weighted by molar-refractivity contribution is -0.137. The normalized spacial score (nSPS) is 10.4. The van der Waals surface area contributed by atoms with Crippen LogP contribution in [0.2, 0.25) is 0 Å². The average Bonchev–Trinajstić information content (AvgIpc) is 2.94. The third kappa shape index (κ3) is 3.99. The summed E-state index contributed by atoms with van der Waals surface area (Å²) >= 11 is 3.64. The lowest BCUT2D eigenvalue weighted by Gasteiger charge is -1.99. The van der Waals surface area contributed by atoms with Crippen LogP contribution in [0.1, 0.15) is 16.1 Å². The maximum Gasteiger partial charge on any atom is 0.325 e. The summed E-state index contributed by atoms with van der Waals surface area (Å²) < 4.78 is 2.24. The van der Waals surface area contributed by atoms with Gasteiger partial charge >= 0.3 is 5.97 Å². The molecule has 100 valence electrons. The number of thiophene rings is 1. The van der Waals surface area contributed by atoms with Crippen LogP contribution in [0.25, 0.3) is 0 Å². The van der Waals surface area contributed by atoms with E-state index < -0.39 is 5.97 Å². The quantitative estimate of drug-likeness (QED) is 0.739. The summed E-state index contributed by atoms with van der Waals surface area (Å²) in [5, 5.41) is 20.5. The molecule has 0 fully saturated rings. The van der Waals surface area contributed by atoms with Crippen LogP contribution in [-0.4, -0.2) is 32.0 Å². The topological polar surface area (TPSA) is 97.1 Å². The Kier molecular flexibility index (Phi) is 4.47. The van der Waals surface area contributed by atoms with Crippen molar-refractivity contribution in [1.29, 1.82) is 0 Å². The number of hydrogen-bond acceptors (Lipinski definition) is 5. The van der Waals surface area contributed by atoms with E-state index in [4.69, 9.17) is 5.11 Å². The standard InChI is InChI=1S/C10H9IN4O3S/c11-8-1-6(5-19-8)10(18)12-2-7-3-15(14-13-7)4-9(16)17/h1,3,5H,2,4H2,(H,12,18)(H,16,17). The minimum atomic E-state index is -0.992. The maximum absolute atomic E-state index is 11.8. The second-order valence-corrected chi connectivity index (χ2v) is 6.43. The van der Waals surface area contributed by atoms with E-state index in [0.29, 0.717) is 11.3 Å². The number of carbonyl (C=O) groups excluding carboxylic acids is 1. The summed E-state index contributed by atoms with van der Waals surface area (Å²) in [7, 11) is 0. The Morgan fingerprint density at radius 2 is 2.32 bits per heavy atom. The highest BCUT2D eigenvalue weighted by molar-refractivity contribution is 14.1. The first-order valence-corrected chi connectivity index (χ1v) is 7.13. The Balaban J connectivity index is 1.90. The second kappa shape index (κ2) is 6.10. The van der Waals surface area contributed by atoms with Crippen molar-refractivity contribution in [3.8, 4) is 0 Å². The Morgan fingerprint density at radius 3 is 2.95 bits per heavy atom. The number of carboxylic acids is 1. The molecule has 0 radical (unpaired) electrons. The van der Waals surface area contributed by atoms with Gasteiger partial charge in [0, 0.05) is 5.38 Å². The Morgan fingerprint density at radius 1 is 1.53 bits per heavy atom. The fraction of sp³-hybridized carbons (Fsp3) is 0.200. The van der Waals surface area contributed by atoms with Crippen molar-refractivity contribution in [3.05, 3.63) is 31.8 Å². The lowest BCUT2D eigenvalue weighted by Crippen LogP contribution is -2.22. The SMILES string of the molecule is O=C(O)Cn1cc(CNC(=O)c2csc(I)c2)nn1. The number of rotatable bonds is 5. The van der Waals surface area contributed by atoms with Gasteiger partial charge in [0.1, 0.15) is 12.2 Å². The van der Waals surface area contributed by atoms with Crippen molar-refractivity contribution in [1.82, 2.24) is 20.3 Å². The molecule has 0 aliphatic heterocycles. The number of hydrogen-bond donors (Lipinski definition) is 2. The van der Waals surface area contributed by atoms with Crippen LogP contribution in [0.5, 0.6) is 0 Å². The third-order valence-corrected chi connectivity index (χ3v) is 3.93. The molecule has 2 N–H and O–H groups in total. The Hall–Kier alpha value is -1.49. The van der Waals surface area contributed by atoms with Gasteiger partial charge in [0.05, 0.1) is 21.2 Å². The van der Waals surface area contributed by atoms with Crippen molar-refractivity contribution in [3.63, 3.8) is 0 Å². The van der Waals surface area contributed by atoms with Crippen LogP contribution in [0.3, 0.4) is 0 Å². The van der Waals surface area contributed by atoms with Crippen LogP contribution in [0.4, 0.5) is 0 Å². The molecule has 0 unspecified atom stereocenters. The number of aromatic nitrogens is 3. The Labute approximate surface area is 125 Å². The van der Waals surface area contributed by atoms with E-state index in [1.807, 2.05) is 0 Å². The van der Waals surface area contributed by atoms with Gasteiger partial charge in [0.2, 0.25) is 0 Å². The smallest absolute Gasteiger partial charge is 0.325 e. The van der Waals surface area contributed by atoms with E-state index in [2.05, 4.69) is 38.2 Å². The molecule has 2 aromatic rings. The molecule has 2 aromatic heterocycles. The molecule has 0 aliphatic carbocycles. The average molecular weight is 392 g/mol. The highest BCUT2D eigenvalue weighted by Crippen LogP contribution is 2.16. The van der Waals surface area contributed by atoms with Gasteiger partial charge in [-0.1, -0.05) is 5.21 Å². The lowest BCUT2D eigenvalue weighted by atomic mass is 10.3. The van der Waals surface area contributed by atoms with Gasteiger partial charge in [-0.15, -0.1) is 16.4 Å². The fourth-order valence-electron chi connectivity index (χ4n) is 1.34. The van der Waals surface area contributed by atoms with E-state index in [1.54, 1.807) is 11.4 Å². The van der Waals surface area contributed by atoms with Gasteiger partial charge < -0.3 is 10.4 Å². The molecule has 0 bridgehead atoms. The van der Waals surface area contributed by atoms with Crippen molar-refractivity contribution < 1.29 is 14.7 Å². The van der Waals surface area contributed by atoms with Crippen LogP contribution in [0.15, 0.2) is 17.6 Å². The summed E-state index contributed by atoms with van der Waals surface area (Å²) in [4.78, 5) is 22.2. The first-order valence-electron chi connectivity index (χ1n) is 5.17. The summed E-state index contributed by atoms with van der Waals surface area (Å²) in [6.45, 7) is -0.0332. The molecule has 1 amide bonds. The molecular formula is C10H9IN4O3S. The second-order valence-electron chi connectivity index (χ2n) is 3.62. The Bertz CT molecular complexity index is 609. The summed E-state index contributed by atoms with van der Waals surface area (Å²) in [5.74, 6) is -1.18. The molecule has 0 atom stereocenters. The van der Waals surface area contributed by atoms with Gasteiger partial charge in [-0.25, -0.2) is 4.68 Å². The molecule has 2 rings (SSSR count). The summed E-state index contributed by atoms with van der Waals surface area (Å²) in [6, 6.07) is 1.79. The number of aliphatic carboxylic acids is 1. The van der Waals surface area contributed by atoms with Crippen molar-refractivity contribution in [2.75, 3.05) is 0 Å². The van der Waals surface area contributed by atoms with E-state index in [1.165, 1.54) is 22.2 Å². The molecule has 0 aliphatic rings. The van der Waals surface area contributed by atoms with Gasteiger partial charge in [0.15, 0.2) is 0 Å². The zero-order valence-corrected chi connectivity index (χ0v) is 12.5. The third-order valence-electron chi connectivity index (χ3n) is 2.14. The highest BCUT2D eigenvalue weighted by atomic mass is 127. The molecule has 2 heterocycles. The first-order chi connectivity index (χ1) is 9.04. The predicted octanol–water partition coefficient (Wildman–Crippen LogP) is 0.959. The molecule has 9 heteroatoms. The maximum atomic E-state index is 11.8. The predicted molar refractivity (Wildman–Crippen MR) is 75.9 cm³/mol. The molecular weight excluding hydrogens is 383 g/mol.